The summed E-state index contributed by atoms with van der Waals surface area (Å²) in [5.74, 6) is 1.55. The van der Waals surface area contributed by atoms with Crippen LogP contribution < -0.4 is 0 Å². The first-order valence-corrected chi connectivity index (χ1v) is 6.17. The Morgan fingerprint density at radius 2 is 2.18 bits per heavy atom. The minimum absolute atomic E-state index is 0.160. The van der Waals surface area contributed by atoms with Crippen LogP contribution in [0.15, 0.2) is 4.52 Å². The Hall–Kier alpha value is -0.940. The van der Waals surface area contributed by atoms with Crippen molar-refractivity contribution in [2.75, 3.05) is 13.2 Å². The SMILES string of the molecule is CC1(C)CC1c1noc(C2COCCC2O)n1. The van der Waals surface area contributed by atoms with Crippen LogP contribution in [0.3, 0.4) is 0 Å². The summed E-state index contributed by atoms with van der Waals surface area (Å²) in [5, 5.41) is 13.9. The molecule has 3 atom stereocenters. The second-order valence-electron chi connectivity index (χ2n) is 5.77. The van der Waals surface area contributed by atoms with Crippen LogP contribution in [0.2, 0.25) is 0 Å². The molecule has 2 heterocycles. The van der Waals surface area contributed by atoms with E-state index >= 15 is 0 Å². The fourth-order valence-corrected chi connectivity index (χ4v) is 2.41. The third-order valence-corrected chi connectivity index (χ3v) is 3.92. The van der Waals surface area contributed by atoms with Crippen LogP contribution in [0.1, 0.15) is 50.2 Å². The molecule has 1 aliphatic carbocycles. The van der Waals surface area contributed by atoms with E-state index < -0.39 is 6.10 Å². The van der Waals surface area contributed by atoms with Crippen LogP contribution in [-0.2, 0) is 4.74 Å². The lowest BCUT2D eigenvalue weighted by molar-refractivity contribution is -0.0149. The van der Waals surface area contributed by atoms with Gasteiger partial charge in [-0.05, 0) is 18.3 Å². The van der Waals surface area contributed by atoms with Gasteiger partial charge in [-0.3, -0.25) is 0 Å². The zero-order chi connectivity index (χ0) is 12.0. The van der Waals surface area contributed by atoms with E-state index in [4.69, 9.17) is 9.26 Å². The molecule has 17 heavy (non-hydrogen) atoms. The summed E-state index contributed by atoms with van der Waals surface area (Å²) in [5.41, 5.74) is 0.294. The van der Waals surface area contributed by atoms with E-state index in [-0.39, 0.29) is 5.92 Å². The highest BCUT2D eigenvalue weighted by molar-refractivity contribution is 5.15. The van der Waals surface area contributed by atoms with Crippen molar-refractivity contribution >= 4 is 0 Å². The minimum Gasteiger partial charge on any atom is -0.392 e. The summed E-state index contributed by atoms with van der Waals surface area (Å²) in [6.07, 6.45) is 1.32. The smallest absolute Gasteiger partial charge is 0.234 e. The molecule has 1 aromatic heterocycles. The normalized spacial score (nSPS) is 35.8. The topological polar surface area (TPSA) is 68.4 Å². The Morgan fingerprint density at radius 1 is 1.41 bits per heavy atom. The van der Waals surface area contributed by atoms with Crippen LogP contribution >= 0.6 is 0 Å². The molecule has 0 bridgehead atoms. The van der Waals surface area contributed by atoms with Gasteiger partial charge in [0.1, 0.15) is 0 Å². The van der Waals surface area contributed by atoms with E-state index in [0.717, 1.165) is 12.2 Å². The molecule has 1 N–H and O–H groups in total. The molecule has 2 fully saturated rings. The molecule has 94 valence electrons. The quantitative estimate of drug-likeness (QED) is 0.844. The molecule has 5 heteroatoms. The molecule has 3 rings (SSSR count). The van der Waals surface area contributed by atoms with Gasteiger partial charge in [0.25, 0.3) is 0 Å². The van der Waals surface area contributed by atoms with Gasteiger partial charge in [-0.2, -0.15) is 4.98 Å². The van der Waals surface area contributed by atoms with Crippen molar-refractivity contribution in [2.45, 2.75) is 44.6 Å². The first kappa shape index (κ1) is 11.2. The summed E-state index contributed by atoms with van der Waals surface area (Å²) in [6, 6.07) is 0. The predicted octanol–water partition coefficient (Wildman–Crippen LogP) is 1.45. The largest absolute Gasteiger partial charge is 0.392 e. The molecule has 1 aliphatic heterocycles. The molecule has 2 aliphatic rings. The van der Waals surface area contributed by atoms with Crippen LogP contribution in [0.25, 0.3) is 0 Å². The number of aliphatic hydroxyl groups is 1. The molecule has 5 nitrogen and oxygen atoms in total. The summed E-state index contributed by atoms with van der Waals surface area (Å²) in [4.78, 5) is 4.42. The van der Waals surface area contributed by atoms with Crippen LogP contribution in [0.5, 0.6) is 0 Å². The summed E-state index contributed by atoms with van der Waals surface area (Å²) in [6.45, 7) is 5.48. The molecule has 1 saturated heterocycles. The average molecular weight is 238 g/mol. The predicted molar refractivity (Wildman–Crippen MR) is 59.6 cm³/mol. The van der Waals surface area contributed by atoms with Gasteiger partial charge < -0.3 is 14.4 Å². The lowest BCUT2D eigenvalue weighted by Crippen LogP contribution is -2.30. The number of ether oxygens (including phenoxy) is 1. The van der Waals surface area contributed by atoms with Gasteiger partial charge in [-0.15, -0.1) is 0 Å². The summed E-state index contributed by atoms with van der Waals surface area (Å²) < 4.78 is 10.6. The number of aliphatic hydroxyl groups excluding tert-OH is 1. The average Bonchev–Trinajstić information content (AvgIpc) is 2.76. The van der Waals surface area contributed by atoms with E-state index in [9.17, 15) is 5.11 Å². The van der Waals surface area contributed by atoms with Crippen molar-refractivity contribution in [3.05, 3.63) is 11.7 Å². The molecular formula is C12H18N2O3. The van der Waals surface area contributed by atoms with Gasteiger partial charge >= 0.3 is 0 Å². The van der Waals surface area contributed by atoms with E-state index in [1.165, 1.54) is 0 Å². The van der Waals surface area contributed by atoms with Crippen molar-refractivity contribution in [3.63, 3.8) is 0 Å². The highest BCUT2D eigenvalue weighted by Gasteiger charge is 2.49. The van der Waals surface area contributed by atoms with E-state index in [0.29, 0.717) is 36.9 Å². The molecule has 1 saturated carbocycles. The van der Waals surface area contributed by atoms with Crippen molar-refractivity contribution < 1.29 is 14.4 Å². The molecule has 0 radical (unpaired) electrons. The van der Waals surface area contributed by atoms with Gasteiger partial charge in [-0.1, -0.05) is 19.0 Å². The number of aromatic nitrogens is 2. The molecule has 1 aromatic rings. The fourth-order valence-electron chi connectivity index (χ4n) is 2.41. The molecule has 0 spiro atoms. The summed E-state index contributed by atoms with van der Waals surface area (Å²) in [7, 11) is 0. The number of rotatable bonds is 2. The lowest BCUT2D eigenvalue weighted by Gasteiger charge is -2.24. The fraction of sp³-hybridized carbons (Fsp3) is 0.833. The Kier molecular flexibility index (Phi) is 2.48. The lowest BCUT2D eigenvalue weighted by atomic mass is 9.99. The highest BCUT2D eigenvalue weighted by Crippen LogP contribution is 2.57. The Bertz CT molecular complexity index is 416. The van der Waals surface area contributed by atoms with Gasteiger partial charge in [0.15, 0.2) is 5.82 Å². The van der Waals surface area contributed by atoms with Crippen LogP contribution in [0.4, 0.5) is 0 Å². The number of hydrogen-bond donors (Lipinski definition) is 1. The van der Waals surface area contributed by atoms with E-state index in [1.54, 1.807) is 0 Å². The second kappa shape index (κ2) is 3.78. The van der Waals surface area contributed by atoms with Gasteiger partial charge in [-0.25, -0.2) is 0 Å². The number of nitrogens with zero attached hydrogens (tertiary/aromatic N) is 2. The van der Waals surface area contributed by atoms with Crippen molar-refractivity contribution in [1.82, 2.24) is 10.1 Å². The van der Waals surface area contributed by atoms with Crippen molar-refractivity contribution in [3.8, 4) is 0 Å². The van der Waals surface area contributed by atoms with Crippen molar-refractivity contribution in [2.24, 2.45) is 5.41 Å². The first-order valence-electron chi connectivity index (χ1n) is 6.17. The third-order valence-electron chi connectivity index (χ3n) is 3.92. The molecule has 0 amide bonds. The molecule has 3 unspecified atom stereocenters. The van der Waals surface area contributed by atoms with Crippen molar-refractivity contribution in [1.29, 1.82) is 0 Å². The van der Waals surface area contributed by atoms with Gasteiger partial charge in [0.2, 0.25) is 5.89 Å². The zero-order valence-electron chi connectivity index (χ0n) is 10.2. The highest BCUT2D eigenvalue weighted by atomic mass is 16.5. The maximum Gasteiger partial charge on any atom is 0.234 e. The maximum atomic E-state index is 9.88. The maximum absolute atomic E-state index is 9.88. The van der Waals surface area contributed by atoms with E-state index in [1.807, 2.05) is 0 Å². The molecule has 0 aromatic carbocycles. The van der Waals surface area contributed by atoms with Crippen LogP contribution in [-0.4, -0.2) is 34.6 Å². The zero-order valence-corrected chi connectivity index (χ0v) is 10.2. The monoisotopic (exact) mass is 238 g/mol. The third kappa shape index (κ3) is 1.98. The standard InChI is InChI=1S/C12H18N2O3/c1-12(2)5-8(12)10-13-11(17-14-10)7-6-16-4-3-9(7)15/h7-9,15H,3-6H2,1-2H3. The van der Waals surface area contributed by atoms with Gasteiger partial charge in [0, 0.05) is 12.5 Å². The Morgan fingerprint density at radius 3 is 2.82 bits per heavy atom. The van der Waals surface area contributed by atoms with Crippen LogP contribution in [0, 0.1) is 5.41 Å². The van der Waals surface area contributed by atoms with Gasteiger partial charge in [0.05, 0.1) is 18.6 Å². The Balaban J connectivity index is 1.76. The Labute approximate surface area is 100 Å². The summed E-state index contributed by atoms with van der Waals surface area (Å²) >= 11 is 0. The number of hydrogen-bond acceptors (Lipinski definition) is 5. The van der Waals surface area contributed by atoms with E-state index in [2.05, 4.69) is 24.0 Å². The second-order valence-corrected chi connectivity index (χ2v) is 5.77. The minimum atomic E-state index is -0.427. The molecular weight excluding hydrogens is 220 g/mol. The first-order chi connectivity index (χ1) is 8.08.